The molecule has 7 heteroatoms. The van der Waals surface area contributed by atoms with Crippen LogP contribution in [0, 0.1) is 6.92 Å². The summed E-state index contributed by atoms with van der Waals surface area (Å²) in [7, 11) is -3.66. The van der Waals surface area contributed by atoms with E-state index in [4.69, 9.17) is 11.6 Å². The summed E-state index contributed by atoms with van der Waals surface area (Å²) in [5.41, 5.74) is 2.09. The van der Waals surface area contributed by atoms with Crippen molar-refractivity contribution >= 4 is 33.6 Å². The first-order chi connectivity index (χ1) is 12.9. The van der Waals surface area contributed by atoms with Crippen molar-refractivity contribution in [2.75, 3.05) is 26.2 Å². The highest BCUT2D eigenvalue weighted by atomic mass is 35.5. The van der Waals surface area contributed by atoms with Gasteiger partial charge in [-0.2, -0.15) is 4.31 Å². The molecule has 0 radical (unpaired) electrons. The molecule has 1 amide bonds. The van der Waals surface area contributed by atoms with Crippen LogP contribution in [0.4, 0.5) is 0 Å². The van der Waals surface area contributed by atoms with E-state index in [1.54, 1.807) is 35.3 Å². The number of sulfonamides is 1. The number of amides is 1. The highest BCUT2D eigenvalue weighted by molar-refractivity contribution is 7.89. The maximum atomic E-state index is 12.8. The van der Waals surface area contributed by atoms with Crippen LogP contribution < -0.4 is 0 Å². The SMILES string of the molecule is Cc1ccccc1/C=C/C(=O)N1CCN(S(=O)(=O)c2ccccc2Cl)CC1. The second-order valence-electron chi connectivity index (χ2n) is 6.35. The molecule has 2 aromatic carbocycles. The van der Waals surface area contributed by atoms with Gasteiger partial charge in [-0.1, -0.05) is 48.0 Å². The van der Waals surface area contributed by atoms with Crippen LogP contribution in [0.5, 0.6) is 0 Å². The van der Waals surface area contributed by atoms with Gasteiger partial charge in [0.1, 0.15) is 4.90 Å². The highest BCUT2D eigenvalue weighted by Gasteiger charge is 2.30. The number of benzene rings is 2. The molecule has 1 fully saturated rings. The third-order valence-electron chi connectivity index (χ3n) is 4.60. The summed E-state index contributed by atoms with van der Waals surface area (Å²) in [6.07, 6.45) is 3.34. The molecule has 0 N–H and O–H groups in total. The number of hydrogen-bond acceptors (Lipinski definition) is 3. The first kappa shape index (κ1) is 19.6. The van der Waals surface area contributed by atoms with Crippen molar-refractivity contribution in [1.29, 1.82) is 0 Å². The lowest BCUT2D eigenvalue weighted by atomic mass is 10.1. The molecule has 1 heterocycles. The van der Waals surface area contributed by atoms with Gasteiger partial charge in [0.2, 0.25) is 15.9 Å². The van der Waals surface area contributed by atoms with Crippen molar-refractivity contribution in [3.05, 3.63) is 70.8 Å². The van der Waals surface area contributed by atoms with E-state index in [1.807, 2.05) is 31.2 Å². The van der Waals surface area contributed by atoms with Crippen molar-refractivity contribution in [2.45, 2.75) is 11.8 Å². The van der Waals surface area contributed by atoms with Crippen LogP contribution in [0.2, 0.25) is 5.02 Å². The molecule has 0 saturated carbocycles. The van der Waals surface area contributed by atoms with Crippen LogP contribution in [0.3, 0.4) is 0 Å². The Bertz CT molecular complexity index is 965. The lowest BCUT2D eigenvalue weighted by Crippen LogP contribution is -2.50. The number of hydrogen-bond donors (Lipinski definition) is 0. The second kappa shape index (κ2) is 8.25. The smallest absolute Gasteiger partial charge is 0.246 e. The zero-order valence-electron chi connectivity index (χ0n) is 15.0. The third-order valence-corrected chi connectivity index (χ3v) is 7.00. The summed E-state index contributed by atoms with van der Waals surface area (Å²) < 4.78 is 26.9. The molecule has 0 aromatic heterocycles. The molecule has 27 heavy (non-hydrogen) atoms. The van der Waals surface area contributed by atoms with E-state index in [9.17, 15) is 13.2 Å². The molecule has 0 bridgehead atoms. The van der Waals surface area contributed by atoms with Crippen LogP contribution in [0.15, 0.2) is 59.5 Å². The van der Waals surface area contributed by atoms with Gasteiger partial charge in [0.15, 0.2) is 0 Å². The average molecular weight is 405 g/mol. The topological polar surface area (TPSA) is 57.7 Å². The van der Waals surface area contributed by atoms with Crippen molar-refractivity contribution in [3.63, 3.8) is 0 Å². The average Bonchev–Trinajstić information content (AvgIpc) is 2.67. The lowest BCUT2D eigenvalue weighted by Gasteiger charge is -2.33. The third kappa shape index (κ3) is 4.40. The van der Waals surface area contributed by atoms with Crippen molar-refractivity contribution < 1.29 is 13.2 Å². The Labute approximate surface area is 164 Å². The van der Waals surface area contributed by atoms with Crippen LogP contribution in [-0.4, -0.2) is 49.7 Å². The van der Waals surface area contributed by atoms with Gasteiger partial charge in [-0.3, -0.25) is 4.79 Å². The van der Waals surface area contributed by atoms with E-state index in [-0.39, 0.29) is 28.9 Å². The quantitative estimate of drug-likeness (QED) is 0.735. The number of piperazine rings is 1. The van der Waals surface area contributed by atoms with E-state index in [1.165, 1.54) is 10.4 Å². The molecule has 2 aromatic rings. The van der Waals surface area contributed by atoms with Gasteiger partial charge in [-0.25, -0.2) is 8.42 Å². The van der Waals surface area contributed by atoms with Crippen molar-refractivity contribution in [3.8, 4) is 0 Å². The normalized spacial score (nSPS) is 16.0. The molecule has 0 unspecified atom stereocenters. The van der Waals surface area contributed by atoms with E-state index < -0.39 is 10.0 Å². The minimum absolute atomic E-state index is 0.103. The maximum absolute atomic E-state index is 12.8. The summed E-state index contributed by atoms with van der Waals surface area (Å²) in [6, 6.07) is 14.2. The molecule has 5 nitrogen and oxygen atoms in total. The van der Waals surface area contributed by atoms with Gasteiger partial charge in [0.25, 0.3) is 0 Å². The standard InChI is InChI=1S/C20H21ClN2O3S/c1-16-6-2-3-7-17(16)10-11-20(24)22-12-14-23(15-13-22)27(25,26)19-9-5-4-8-18(19)21/h2-11H,12-15H2,1H3/b11-10+. The van der Waals surface area contributed by atoms with Gasteiger partial charge in [0, 0.05) is 32.3 Å². The van der Waals surface area contributed by atoms with Gasteiger partial charge >= 0.3 is 0 Å². The van der Waals surface area contributed by atoms with Gasteiger partial charge < -0.3 is 4.90 Å². The highest BCUT2D eigenvalue weighted by Crippen LogP contribution is 2.25. The predicted octanol–water partition coefficient (Wildman–Crippen LogP) is 3.19. The van der Waals surface area contributed by atoms with Gasteiger partial charge in [-0.15, -0.1) is 0 Å². The molecule has 1 aliphatic rings. The van der Waals surface area contributed by atoms with Crippen LogP contribution in [0.25, 0.3) is 6.08 Å². The lowest BCUT2D eigenvalue weighted by molar-refractivity contribution is -0.127. The molecule has 0 aliphatic carbocycles. The number of halogens is 1. The molecule has 0 atom stereocenters. The van der Waals surface area contributed by atoms with Crippen molar-refractivity contribution in [1.82, 2.24) is 9.21 Å². The summed E-state index contributed by atoms with van der Waals surface area (Å²) in [5, 5.41) is 0.206. The Morgan fingerprint density at radius 3 is 2.30 bits per heavy atom. The molecule has 0 spiro atoms. The number of carbonyl (C=O) groups is 1. The summed E-state index contributed by atoms with van der Waals surface area (Å²) in [4.78, 5) is 14.2. The van der Waals surface area contributed by atoms with Gasteiger partial charge in [0.05, 0.1) is 5.02 Å². The molecular weight excluding hydrogens is 384 g/mol. The Hall–Kier alpha value is -2.15. The summed E-state index contributed by atoms with van der Waals surface area (Å²) >= 11 is 6.04. The Morgan fingerprint density at radius 2 is 1.63 bits per heavy atom. The minimum atomic E-state index is -3.66. The van der Waals surface area contributed by atoms with Crippen LogP contribution in [0.1, 0.15) is 11.1 Å². The maximum Gasteiger partial charge on any atom is 0.246 e. The van der Waals surface area contributed by atoms with Gasteiger partial charge in [-0.05, 0) is 36.3 Å². The molecule has 1 aliphatic heterocycles. The second-order valence-corrected chi connectivity index (χ2v) is 8.66. The number of nitrogens with zero attached hydrogens (tertiary/aromatic N) is 2. The largest absolute Gasteiger partial charge is 0.337 e. The fourth-order valence-corrected chi connectivity index (χ4v) is 4.90. The minimum Gasteiger partial charge on any atom is -0.337 e. The molecule has 142 valence electrons. The van der Waals surface area contributed by atoms with E-state index in [0.717, 1.165) is 11.1 Å². The summed E-state index contributed by atoms with van der Waals surface area (Å²) in [5.74, 6) is -0.118. The van der Waals surface area contributed by atoms with Crippen LogP contribution in [-0.2, 0) is 14.8 Å². The Balaban J connectivity index is 1.64. The number of carbonyl (C=O) groups excluding carboxylic acids is 1. The number of aryl methyl sites for hydroxylation is 1. The fourth-order valence-electron chi connectivity index (χ4n) is 2.98. The fraction of sp³-hybridized carbons (Fsp3) is 0.250. The molecule has 3 rings (SSSR count). The zero-order valence-corrected chi connectivity index (χ0v) is 16.6. The summed E-state index contributed by atoms with van der Waals surface area (Å²) in [6.45, 7) is 3.18. The first-order valence-electron chi connectivity index (χ1n) is 8.67. The van der Waals surface area contributed by atoms with E-state index >= 15 is 0 Å². The zero-order chi connectivity index (χ0) is 19.4. The van der Waals surface area contributed by atoms with E-state index in [2.05, 4.69) is 0 Å². The Morgan fingerprint density at radius 1 is 1.00 bits per heavy atom. The van der Waals surface area contributed by atoms with E-state index in [0.29, 0.717) is 13.1 Å². The predicted molar refractivity (Wildman–Crippen MR) is 107 cm³/mol. The molecule has 1 saturated heterocycles. The first-order valence-corrected chi connectivity index (χ1v) is 10.5. The van der Waals surface area contributed by atoms with Crippen LogP contribution >= 0.6 is 11.6 Å². The molecular formula is C20H21ClN2O3S. The monoisotopic (exact) mass is 404 g/mol. The Kier molecular flexibility index (Phi) is 5.99. The van der Waals surface area contributed by atoms with Crippen molar-refractivity contribution in [2.24, 2.45) is 0 Å². The number of rotatable bonds is 4.